The number of hydrogen-bond donors (Lipinski definition) is 2. The SMILES string of the molecule is CCc1ccc(C(=O)NCC(C)(C)C(=O)O)s1. The molecular weight excluding hydrogens is 238 g/mol. The van der Waals surface area contributed by atoms with E-state index in [2.05, 4.69) is 5.32 Å². The van der Waals surface area contributed by atoms with Crippen LogP contribution in [0.1, 0.15) is 35.3 Å². The number of nitrogens with one attached hydrogen (secondary N) is 1. The van der Waals surface area contributed by atoms with Gasteiger partial charge in [0.2, 0.25) is 0 Å². The number of hydrogen-bond acceptors (Lipinski definition) is 3. The van der Waals surface area contributed by atoms with Crippen molar-refractivity contribution in [1.29, 1.82) is 0 Å². The number of aliphatic carboxylic acids is 1. The Labute approximate surface area is 105 Å². The third-order valence-electron chi connectivity index (χ3n) is 2.50. The van der Waals surface area contributed by atoms with Crippen LogP contribution in [-0.4, -0.2) is 23.5 Å². The quantitative estimate of drug-likeness (QED) is 0.847. The van der Waals surface area contributed by atoms with E-state index in [1.165, 1.54) is 11.3 Å². The maximum Gasteiger partial charge on any atom is 0.310 e. The van der Waals surface area contributed by atoms with Crippen molar-refractivity contribution in [3.63, 3.8) is 0 Å². The van der Waals surface area contributed by atoms with E-state index in [9.17, 15) is 9.59 Å². The Morgan fingerprint density at radius 1 is 1.41 bits per heavy atom. The van der Waals surface area contributed by atoms with Crippen molar-refractivity contribution < 1.29 is 14.7 Å². The number of carbonyl (C=O) groups excluding carboxylic acids is 1. The van der Waals surface area contributed by atoms with E-state index >= 15 is 0 Å². The van der Waals surface area contributed by atoms with Crippen molar-refractivity contribution >= 4 is 23.2 Å². The summed E-state index contributed by atoms with van der Waals surface area (Å²) in [5.74, 6) is -1.12. The number of rotatable bonds is 5. The van der Waals surface area contributed by atoms with Gasteiger partial charge in [-0.15, -0.1) is 11.3 Å². The van der Waals surface area contributed by atoms with E-state index in [1.807, 2.05) is 13.0 Å². The Kier molecular flexibility index (Phi) is 4.28. The standard InChI is InChI=1S/C12H17NO3S/c1-4-8-5-6-9(17-8)10(14)13-7-12(2,3)11(15)16/h5-6H,4,7H2,1-3H3,(H,13,14)(H,15,16). The first-order chi connectivity index (χ1) is 7.86. The largest absolute Gasteiger partial charge is 0.481 e. The molecule has 0 saturated heterocycles. The van der Waals surface area contributed by atoms with E-state index in [-0.39, 0.29) is 12.5 Å². The monoisotopic (exact) mass is 255 g/mol. The first-order valence-electron chi connectivity index (χ1n) is 5.47. The molecule has 0 atom stereocenters. The van der Waals surface area contributed by atoms with Crippen LogP contribution in [0.15, 0.2) is 12.1 Å². The van der Waals surface area contributed by atoms with Crippen LogP contribution < -0.4 is 5.32 Å². The molecule has 5 heteroatoms. The van der Waals surface area contributed by atoms with Gasteiger partial charge in [-0.05, 0) is 32.4 Å². The highest BCUT2D eigenvalue weighted by atomic mass is 32.1. The normalized spacial score (nSPS) is 11.2. The summed E-state index contributed by atoms with van der Waals surface area (Å²) in [5.41, 5.74) is -0.944. The minimum absolute atomic E-state index is 0.126. The summed E-state index contributed by atoms with van der Waals surface area (Å²) in [4.78, 5) is 24.4. The van der Waals surface area contributed by atoms with E-state index in [0.717, 1.165) is 11.3 Å². The highest BCUT2D eigenvalue weighted by Gasteiger charge is 2.27. The van der Waals surface area contributed by atoms with Crippen LogP contribution in [0, 0.1) is 5.41 Å². The van der Waals surface area contributed by atoms with Gasteiger partial charge >= 0.3 is 5.97 Å². The van der Waals surface area contributed by atoms with Gasteiger partial charge in [0, 0.05) is 11.4 Å². The summed E-state index contributed by atoms with van der Waals surface area (Å²) in [6, 6.07) is 3.69. The molecule has 17 heavy (non-hydrogen) atoms. The first-order valence-corrected chi connectivity index (χ1v) is 6.29. The molecule has 0 bridgehead atoms. The van der Waals surface area contributed by atoms with Crippen molar-refractivity contribution in [2.24, 2.45) is 5.41 Å². The van der Waals surface area contributed by atoms with Crippen LogP contribution in [-0.2, 0) is 11.2 Å². The molecule has 0 radical (unpaired) electrons. The van der Waals surface area contributed by atoms with E-state index < -0.39 is 11.4 Å². The van der Waals surface area contributed by atoms with Crippen molar-refractivity contribution in [2.45, 2.75) is 27.2 Å². The first kappa shape index (κ1) is 13.7. The zero-order valence-electron chi connectivity index (χ0n) is 10.2. The third-order valence-corrected chi connectivity index (χ3v) is 3.73. The number of amides is 1. The van der Waals surface area contributed by atoms with Gasteiger partial charge in [0.15, 0.2) is 0 Å². The average Bonchev–Trinajstić information content (AvgIpc) is 2.74. The smallest absolute Gasteiger partial charge is 0.310 e. The van der Waals surface area contributed by atoms with Gasteiger partial charge in [-0.3, -0.25) is 9.59 Å². The molecule has 0 unspecified atom stereocenters. The molecule has 2 N–H and O–H groups in total. The maximum atomic E-state index is 11.7. The van der Waals surface area contributed by atoms with Gasteiger partial charge < -0.3 is 10.4 Å². The van der Waals surface area contributed by atoms with Crippen LogP contribution in [0.4, 0.5) is 0 Å². The van der Waals surface area contributed by atoms with Gasteiger partial charge in [0.1, 0.15) is 0 Å². The highest BCUT2D eigenvalue weighted by Crippen LogP contribution is 2.18. The second-order valence-electron chi connectivity index (χ2n) is 4.49. The molecule has 94 valence electrons. The van der Waals surface area contributed by atoms with Gasteiger partial charge in [0.05, 0.1) is 10.3 Å². The average molecular weight is 255 g/mol. The minimum Gasteiger partial charge on any atom is -0.481 e. The fourth-order valence-corrected chi connectivity index (χ4v) is 2.02. The van der Waals surface area contributed by atoms with Crippen LogP contribution in [0.25, 0.3) is 0 Å². The molecule has 0 aliphatic heterocycles. The fraction of sp³-hybridized carbons (Fsp3) is 0.500. The van der Waals surface area contributed by atoms with Gasteiger partial charge in [-0.1, -0.05) is 6.92 Å². The van der Waals surface area contributed by atoms with Gasteiger partial charge in [0.25, 0.3) is 5.91 Å². The molecule has 1 aromatic heterocycles. The number of thiophene rings is 1. The minimum atomic E-state index is -0.944. The van der Waals surface area contributed by atoms with Crippen LogP contribution in [0.5, 0.6) is 0 Å². The zero-order valence-corrected chi connectivity index (χ0v) is 11.1. The Hall–Kier alpha value is -1.36. The number of carboxylic acids is 1. The Bertz CT molecular complexity index is 423. The zero-order chi connectivity index (χ0) is 13.1. The summed E-state index contributed by atoms with van der Waals surface area (Å²) in [5, 5.41) is 11.6. The van der Waals surface area contributed by atoms with Crippen molar-refractivity contribution in [2.75, 3.05) is 6.54 Å². The lowest BCUT2D eigenvalue weighted by molar-refractivity contribution is -0.146. The molecule has 0 aliphatic carbocycles. The van der Waals surface area contributed by atoms with Crippen LogP contribution in [0.2, 0.25) is 0 Å². The molecule has 1 amide bonds. The van der Waals surface area contributed by atoms with Crippen molar-refractivity contribution in [1.82, 2.24) is 5.32 Å². The van der Waals surface area contributed by atoms with E-state index in [1.54, 1.807) is 19.9 Å². The number of aryl methyl sites for hydroxylation is 1. The number of carboxylic acid groups (broad SMARTS) is 1. The topological polar surface area (TPSA) is 66.4 Å². The molecular formula is C12H17NO3S. The van der Waals surface area contributed by atoms with Crippen molar-refractivity contribution in [3.05, 3.63) is 21.9 Å². The third kappa shape index (κ3) is 3.56. The van der Waals surface area contributed by atoms with Crippen LogP contribution in [0.3, 0.4) is 0 Å². The second-order valence-corrected chi connectivity index (χ2v) is 5.66. The lowest BCUT2D eigenvalue weighted by Crippen LogP contribution is -2.38. The molecule has 1 aromatic rings. The summed E-state index contributed by atoms with van der Waals surface area (Å²) < 4.78 is 0. The maximum absolute atomic E-state index is 11.7. The van der Waals surface area contributed by atoms with Crippen molar-refractivity contribution in [3.8, 4) is 0 Å². The number of carbonyl (C=O) groups is 2. The molecule has 4 nitrogen and oxygen atoms in total. The fourth-order valence-electron chi connectivity index (χ4n) is 1.15. The molecule has 1 rings (SSSR count). The second kappa shape index (κ2) is 5.31. The van der Waals surface area contributed by atoms with E-state index in [0.29, 0.717) is 4.88 Å². The van der Waals surface area contributed by atoms with Gasteiger partial charge in [-0.25, -0.2) is 0 Å². The lowest BCUT2D eigenvalue weighted by Gasteiger charge is -2.19. The molecule has 1 heterocycles. The summed E-state index contributed by atoms with van der Waals surface area (Å²) in [6.07, 6.45) is 0.901. The van der Waals surface area contributed by atoms with Gasteiger partial charge in [-0.2, -0.15) is 0 Å². The van der Waals surface area contributed by atoms with Crippen LogP contribution >= 0.6 is 11.3 Å². The Morgan fingerprint density at radius 3 is 2.53 bits per heavy atom. The lowest BCUT2D eigenvalue weighted by atomic mass is 9.94. The summed E-state index contributed by atoms with van der Waals surface area (Å²) in [6.45, 7) is 5.32. The molecule has 0 fully saturated rings. The molecule has 0 saturated carbocycles. The predicted molar refractivity (Wildman–Crippen MR) is 67.4 cm³/mol. The summed E-state index contributed by atoms with van der Waals surface area (Å²) in [7, 11) is 0. The highest BCUT2D eigenvalue weighted by molar-refractivity contribution is 7.14. The van der Waals surface area contributed by atoms with E-state index in [4.69, 9.17) is 5.11 Å². The summed E-state index contributed by atoms with van der Waals surface area (Å²) >= 11 is 1.44. The Morgan fingerprint density at radius 2 is 2.06 bits per heavy atom. The Balaban J connectivity index is 2.58. The molecule has 0 aliphatic rings. The molecule has 0 aromatic carbocycles. The predicted octanol–water partition coefficient (Wildman–Crippen LogP) is 2.15. The molecule has 0 spiro atoms.